The van der Waals surface area contributed by atoms with Crippen molar-refractivity contribution in [3.05, 3.63) is 20.2 Å². The molecule has 10 heavy (non-hydrogen) atoms. The highest BCUT2D eigenvalue weighted by Crippen LogP contribution is 1.96. The first-order chi connectivity index (χ1) is 4.54. The van der Waals surface area contributed by atoms with Crippen LogP contribution in [0, 0.1) is 20.2 Å². The van der Waals surface area contributed by atoms with E-state index in [-0.39, 0.29) is 0 Å². The number of nitrogens with zero attached hydrogens (tertiary/aromatic N) is 2. The standard InChI is InChI=1S/C2H3ClN2O5/c3-2(4(6)7)1-10-5(8)9/h2H,1H2. The van der Waals surface area contributed by atoms with Gasteiger partial charge in [-0.3, -0.25) is 10.1 Å². The average Bonchev–Trinajstić information content (AvgIpc) is 1.82. The van der Waals surface area contributed by atoms with Gasteiger partial charge in [-0.15, -0.1) is 10.1 Å². The number of hydrogen-bond acceptors (Lipinski definition) is 5. The molecular weight excluding hydrogens is 167 g/mol. The van der Waals surface area contributed by atoms with E-state index in [1.165, 1.54) is 0 Å². The number of rotatable bonds is 4. The van der Waals surface area contributed by atoms with Crippen molar-refractivity contribution in [3.63, 3.8) is 0 Å². The largest absolute Gasteiger partial charge is 0.309 e. The molecule has 0 rings (SSSR count). The summed E-state index contributed by atoms with van der Waals surface area (Å²) in [5.41, 5.74) is -1.56. The van der Waals surface area contributed by atoms with Crippen molar-refractivity contribution < 1.29 is 14.8 Å². The minimum Gasteiger partial charge on any atom is -0.305 e. The van der Waals surface area contributed by atoms with Gasteiger partial charge in [0, 0.05) is 4.92 Å². The van der Waals surface area contributed by atoms with Gasteiger partial charge in [0.15, 0.2) is 6.61 Å². The zero-order valence-corrected chi connectivity index (χ0v) is 5.35. The van der Waals surface area contributed by atoms with Crippen LogP contribution in [0.4, 0.5) is 0 Å². The second kappa shape index (κ2) is 3.83. The molecule has 7 nitrogen and oxygen atoms in total. The summed E-state index contributed by atoms with van der Waals surface area (Å²) in [5, 5.41) is 18.0. The predicted molar refractivity (Wildman–Crippen MR) is 29.6 cm³/mol. The zero-order chi connectivity index (χ0) is 8.15. The normalized spacial score (nSPS) is 12.1. The molecular formula is C2H3ClN2O5. The van der Waals surface area contributed by atoms with Crippen LogP contribution in [-0.2, 0) is 4.84 Å². The summed E-state index contributed by atoms with van der Waals surface area (Å²) in [7, 11) is 0. The van der Waals surface area contributed by atoms with Gasteiger partial charge in [-0.25, -0.2) is 0 Å². The highest BCUT2D eigenvalue weighted by Gasteiger charge is 2.16. The van der Waals surface area contributed by atoms with Crippen molar-refractivity contribution >= 4 is 11.6 Å². The molecule has 0 aliphatic carbocycles. The van der Waals surface area contributed by atoms with Gasteiger partial charge in [-0.2, -0.15) is 0 Å². The fourth-order valence-electron chi connectivity index (χ4n) is 0.183. The molecule has 0 radical (unpaired) electrons. The number of hydrogen-bond donors (Lipinski definition) is 0. The molecule has 0 fully saturated rings. The van der Waals surface area contributed by atoms with E-state index in [0.29, 0.717) is 0 Å². The van der Waals surface area contributed by atoms with E-state index in [2.05, 4.69) is 4.84 Å². The first-order valence-corrected chi connectivity index (χ1v) is 2.52. The smallest absolute Gasteiger partial charge is 0.305 e. The quantitative estimate of drug-likeness (QED) is 0.257. The van der Waals surface area contributed by atoms with E-state index in [0.717, 1.165) is 0 Å². The Morgan fingerprint density at radius 2 is 2.00 bits per heavy atom. The highest BCUT2D eigenvalue weighted by atomic mass is 35.5. The lowest BCUT2D eigenvalue weighted by Gasteiger charge is -1.97. The Labute approximate surface area is 59.8 Å². The van der Waals surface area contributed by atoms with Crippen LogP contribution in [0.2, 0.25) is 0 Å². The molecule has 0 heterocycles. The van der Waals surface area contributed by atoms with Crippen LogP contribution in [0.1, 0.15) is 0 Å². The number of halogens is 1. The third kappa shape index (κ3) is 3.84. The van der Waals surface area contributed by atoms with Gasteiger partial charge in [0.05, 0.1) is 0 Å². The monoisotopic (exact) mass is 170 g/mol. The molecule has 1 atom stereocenters. The number of alkyl halides is 1. The fourth-order valence-corrected chi connectivity index (χ4v) is 0.240. The van der Waals surface area contributed by atoms with Gasteiger partial charge >= 0.3 is 5.50 Å². The Kier molecular flexibility index (Phi) is 3.40. The van der Waals surface area contributed by atoms with Crippen LogP contribution in [0.25, 0.3) is 0 Å². The van der Waals surface area contributed by atoms with Crippen molar-refractivity contribution in [1.82, 2.24) is 0 Å². The van der Waals surface area contributed by atoms with Gasteiger partial charge < -0.3 is 4.84 Å². The maximum absolute atomic E-state index is 9.68. The molecule has 0 saturated heterocycles. The third-order valence-corrected chi connectivity index (χ3v) is 0.832. The van der Waals surface area contributed by atoms with Gasteiger partial charge in [-0.1, -0.05) is 0 Å². The molecule has 0 saturated carbocycles. The van der Waals surface area contributed by atoms with E-state index < -0.39 is 22.1 Å². The summed E-state index contributed by atoms with van der Waals surface area (Å²) >= 11 is 4.93. The van der Waals surface area contributed by atoms with E-state index in [9.17, 15) is 20.2 Å². The van der Waals surface area contributed by atoms with Gasteiger partial charge in [-0.05, 0) is 11.6 Å². The van der Waals surface area contributed by atoms with Crippen LogP contribution >= 0.6 is 11.6 Å². The van der Waals surface area contributed by atoms with Gasteiger partial charge in [0.25, 0.3) is 5.09 Å². The first kappa shape index (κ1) is 8.89. The third-order valence-electron chi connectivity index (χ3n) is 0.546. The Bertz CT molecular complexity index is 149. The lowest BCUT2D eigenvalue weighted by Crippen LogP contribution is -2.20. The summed E-state index contributed by atoms with van der Waals surface area (Å²) in [5.74, 6) is 0. The predicted octanol–water partition coefficient (Wildman–Crippen LogP) is 0.0363. The van der Waals surface area contributed by atoms with E-state index in [1.807, 2.05) is 0 Å². The van der Waals surface area contributed by atoms with E-state index >= 15 is 0 Å². The second-order valence-electron chi connectivity index (χ2n) is 1.24. The van der Waals surface area contributed by atoms with Crippen LogP contribution in [0.5, 0.6) is 0 Å². The lowest BCUT2D eigenvalue weighted by atomic mass is 10.7. The van der Waals surface area contributed by atoms with Crippen LogP contribution in [0.15, 0.2) is 0 Å². The Hall–Kier alpha value is -1.11. The zero-order valence-electron chi connectivity index (χ0n) is 4.60. The van der Waals surface area contributed by atoms with Crippen LogP contribution < -0.4 is 0 Å². The van der Waals surface area contributed by atoms with E-state index in [4.69, 9.17) is 11.6 Å². The fraction of sp³-hybridized carbons (Fsp3) is 1.00. The number of nitro groups is 1. The summed E-state index contributed by atoms with van der Waals surface area (Å²) in [6, 6.07) is 0. The lowest BCUT2D eigenvalue weighted by molar-refractivity contribution is -0.763. The molecule has 0 bridgehead atoms. The molecule has 0 spiro atoms. The van der Waals surface area contributed by atoms with Crippen molar-refractivity contribution in [2.75, 3.05) is 6.61 Å². The molecule has 0 aliphatic rings. The van der Waals surface area contributed by atoms with Gasteiger partial charge in [0.2, 0.25) is 0 Å². The molecule has 0 aromatic rings. The molecule has 0 amide bonds. The summed E-state index contributed by atoms with van der Waals surface area (Å²) in [6.45, 7) is -0.735. The Morgan fingerprint density at radius 3 is 2.30 bits per heavy atom. The minimum absolute atomic E-state index is 0.735. The van der Waals surface area contributed by atoms with E-state index in [1.54, 1.807) is 0 Å². The molecule has 0 aromatic carbocycles. The topological polar surface area (TPSA) is 95.5 Å². The van der Waals surface area contributed by atoms with Crippen LogP contribution in [0.3, 0.4) is 0 Å². The van der Waals surface area contributed by atoms with Crippen LogP contribution in [-0.4, -0.2) is 22.1 Å². The summed E-state index contributed by atoms with van der Waals surface area (Å²) in [6.07, 6.45) is 0. The molecule has 0 N–H and O–H groups in total. The Morgan fingerprint density at radius 1 is 1.50 bits per heavy atom. The molecule has 58 valence electrons. The summed E-state index contributed by atoms with van der Waals surface area (Å²) in [4.78, 5) is 21.8. The highest BCUT2D eigenvalue weighted by molar-refractivity contribution is 6.19. The maximum atomic E-state index is 9.68. The average molecular weight is 171 g/mol. The molecule has 8 heteroatoms. The summed E-state index contributed by atoms with van der Waals surface area (Å²) < 4.78 is 0. The van der Waals surface area contributed by atoms with Crippen molar-refractivity contribution in [3.8, 4) is 0 Å². The molecule has 0 aliphatic heterocycles. The Balaban J connectivity index is 3.49. The molecule has 0 aromatic heterocycles. The van der Waals surface area contributed by atoms with Gasteiger partial charge in [0.1, 0.15) is 0 Å². The SMILES string of the molecule is O=[N+]([O-])OCC(Cl)[N+](=O)[O-]. The van der Waals surface area contributed by atoms with Crippen molar-refractivity contribution in [2.24, 2.45) is 0 Å². The first-order valence-electron chi connectivity index (χ1n) is 2.09. The maximum Gasteiger partial charge on any atom is 0.309 e. The molecule has 1 unspecified atom stereocenters. The van der Waals surface area contributed by atoms with Crippen molar-refractivity contribution in [1.29, 1.82) is 0 Å². The minimum atomic E-state index is -1.56. The van der Waals surface area contributed by atoms with Crippen molar-refractivity contribution in [2.45, 2.75) is 5.50 Å². The second-order valence-corrected chi connectivity index (χ2v) is 1.74.